The minimum absolute atomic E-state index is 0.0377. The zero-order valence-corrected chi connectivity index (χ0v) is 12.1. The molecule has 0 radical (unpaired) electrons. The predicted molar refractivity (Wildman–Crippen MR) is 77.1 cm³/mol. The van der Waals surface area contributed by atoms with E-state index < -0.39 is 0 Å². The van der Waals surface area contributed by atoms with Gasteiger partial charge in [-0.2, -0.15) is 0 Å². The lowest BCUT2D eigenvalue weighted by Gasteiger charge is -2.26. The molecule has 1 aromatic carbocycles. The number of rotatable bonds is 6. The van der Waals surface area contributed by atoms with Crippen LogP contribution in [-0.2, 0) is 5.41 Å². The van der Waals surface area contributed by atoms with Gasteiger partial charge in [0.2, 0.25) is 0 Å². The maximum absolute atomic E-state index is 5.77. The summed E-state index contributed by atoms with van der Waals surface area (Å²) in [5.74, 6) is 0. The van der Waals surface area contributed by atoms with Gasteiger partial charge in [0.25, 0.3) is 0 Å². The quantitative estimate of drug-likeness (QED) is 0.748. The van der Waals surface area contributed by atoms with Crippen LogP contribution in [-0.4, -0.2) is 25.7 Å². The van der Waals surface area contributed by atoms with Crippen molar-refractivity contribution in [3.8, 4) is 0 Å². The van der Waals surface area contributed by atoms with Crippen LogP contribution in [0.3, 0.4) is 0 Å². The Morgan fingerprint density at radius 3 is 2.41 bits per heavy atom. The van der Waals surface area contributed by atoms with E-state index in [1.807, 2.05) is 0 Å². The van der Waals surface area contributed by atoms with E-state index in [1.54, 1.807) is 0 Å². The SMILES string of the molecule is CC(C)(CNCC(N)CN)c1ccc(Br)cc1. The maximum atomic E-state index is 5.77. The molecular formula is C13H22BrN3. The molecule has 1 atom stereocenters. The molecule has 0 bridgehead atoms. The van der Waals surface area contributed by atoms with Gasteiger partial charge in [-0.15, -0.1) is 0 Å². The van der Waals surface area contributed by atoms with E-state index in [9.17, 15) is 0 Å². The van der Waals surface area contributed by atoms with Crippen LogP contribution in [0.4, 0.5) is 0 Å². The Balaban J connectivity index is 2.53. The van der Waals surface area contributed by atoms with Gasteiger partial charge >= 0.3 is 0 Å². The molecule has 0 aliphatic heterocycles. The molecule has 0 saturated heterocycles. The van der Waals surface area contributed by atoms with Crippen molar-refractivity contribution in [2.45, 2.75) is 25.3 Å². The van der Waals surface area contributed by atoms with Gasteiger partial charge in [-0.25, -0.2) is 0 Å². The summed E-state index contributed by atoms with van der Waals surface area (Å²) in [6.07, 6.45) is 0. The van der Waals surface area contributed by atoms with Gasteiger partial charge in [0.1, 0.15) is 0 Å². The lowest BCUT2D eigenvalue weighted by Crippen LogP contribution is -2.43. The zero-order valence-electron chi connectivity index (χ0n) is 10.5. The lowest BCUT2D eigenvalue weighted by molar-refractivity contribution is 0.454. The Morgan fingerprint density at radius 2 is 1.88 bits per heavy atom. The molecule has 5 N–H and O–H groups in total. The molecular weight excluding hydrogens is 278 g/mol. The van der Waals surface area contributed by atoms with Gasteiger partial charge in [-0.1, -0.05) is 41.9 Å². The van der Waals surface area contributed by atoms with Crippen LogP contribution in [0.15, 0.2) is 28.7 Å². The summed E-state index contributed by atoms with van der Waals surface area (Å²) in [6, 6.07) is 8.48. The van der Waals surface area contributed by atoms with Crippen LogP contribution < -0.4 is 16.8 Å². The molecule has 0 aliphatic carbocycles. The molecule has 1 unspecified atom stereocenters. The molecule has 0 aromatic heterocycles. The molecule has 96 valence electrons. The van der Waals surface area contributed by atoms with Crippen molar-refractivity contribution in [3.05, 3.63) is 34.3 Å². The molecule has 0 amide bonds. The van der Waals surface area contributed by atoms with Gasteiger partial charge in [0.15, 0.2) is 0 Å². The molecule has 0 spiro atoms. The summed E-state index contributed by atoms with van der Waals surface area (Å²) in [5.41, 5.74) is 12.7. The van der Waals surface area contributed by atoms with Gasteiger partial charge in [-0.05, 0) is 17.7 Å². The second-order valence-electron chi connectivity index (χ2n) is 5.02. The fourth-order valence-corrected chi connectivity index (χ4v) is 1.92. The van der Waals surface area contributed by atoms with Crippen LogP contribution >= 0.6 is 15.9 Å². The summed E-state index contributed by atoms with van der Waals surface area (Å²) < 4.78 is 1.11. The molecule has 0 fully saturated rings. The Kier molecular flexibility index (Phi) is 5.59. The van der Waals surface area contributed by atoms with Crippen molar-refractivity contribution in [1.29, 1.82) is 0 Å². The molecule has 0 saturated carbocycles. The van der Waals surface area contributed by atoms with Crippen LogP contribution in [0.1, 0.15) is 19.4 Å². The first-order valence-electron chi connectivity index (χ1n) is 5.88. The first kappa shape index (κ1) is 14.6. The van der Waals surface area contributed by atoms with E-state index in [0.29, 0.717) is 6.54 Å². The van der Waals surface area contributed by atoms with Crippen molar-refractivity contribution in [3.63, 3.8) is 0 Å². The zero-order chi connectivity index (χ0) is 12.9. The van der Waals surface area contributed by atoms with E-state index in [4.69, 9.17) is 11.5 Å². The van der Waals surface area contributed by atoms with Crippen molar-refractivity contribution in [2.75, 3.05) is 19.6 Å². The van der Waals surface area contributed by atoms with Crippen LogP contribution in [0.2, 0.25) is 0 Å². The van der Waals surface area contributed by atoms with Crippen molar-refractivity contribution >= 4 is 15.9 Å². The third-order valence-electron chi connectivity index (χ3n) is 2.90. The third-order valence-corrected chi connectivity index (χ3v) is 3.43. The standard InChI is InChI=1S/C13H22BrN3/c1-13(2,9-17-8-12(16)7-15)10-3-5-11(14)6-4-10/h3-6,12,17H,7-9,15-16H2,1-2H3. The van der Waals surface area contributed by atoms with Crippen molar-refractivity contribution in [1.82, 2.24) is 5.32 Å². The molecule has 4 heteroatoms. The highest BCUT2D eigenvalue weighted by Crippen LogP contribution is 2.23. The van der Waals surface area contributed by atoms with Crippen LogP contribution in [0.25, 0.3) is 0 Å². The van der Waals surface area contributed by atoms with Gasteiger partial charge in [0, 0.05) is 35.6 Å². The van der Waals surface area contributed by atoms with Gasteiger partial charge in [0.05, 0.1) is 0 Å². The summed E-state index contributed by atoms with van der Waals surface area (Å²) in [5, 5.41) is 3.37. The Hall–Kier alpha value is -0.420. The molecule has 0 aliphatic rings. The highest BCUT2D eigenvalue weighted by molar-refractivity contribution is 9.10. The van der Waals surface area contributed by atoms with Crippen molar-refractivity contribution in [2.24, 2.45) is 11.5 Å². The molecule has 17 heavy (non-hydrogen) atoms. The highest BCUT2D eigenvalue weighted by Gasteiger charge is 2.20. The molecule has 1 rings (SSSR count). The second-order valence-corrected chi connectivity index (χ2v) is 5.93. The third kappa shape index (κ3) is 4.76. The fourth-order valence-electron chi connectivity index (χ4n) is 1.66. The van der Waals surface area contributed by atoms with Crippen LogP contribution in [0.5, 0.6) is 0 Å². The lowest BCUT2D eigenvalue weighted by atomic mass is 9.84. The Labute approximate surface area is 112 Å². The Morgan fingerprint density at radius 1 is 1.29 bits per heavy atom. The first-order valence-corrected chi connectivity index (χ1v) is 6.67. The van der Waals surface area contributed by atoms with Gasteiger partial charge < -0.3 is 16.8 Å². The van der Waals surface area contributed by atoms with E-state index >= 15 is 0 Å². The number of nitrogens with one attached hydrogen (secondary N) is 1. The number of hydrogen-bond donors (Lipinski definition) is 3. The van der Waals surface area contributed by atoms with E-state index in [2.05, 4.69) is 59.4 Å². The Bertz CT molecular complexity index is 335. The topological polar surface area (TPSA) is 64.1 Å². The normalized spacial score (nSPS) is 13.7. The minimum Gasteiger partial charge on any atom is -0.329 e. The largest absolute Gasteiger partial charge is 0.329 e. The first-order chi connectivity index (χ1) is 7.95. The van der Waals surface area contributed by atoms with Gasteiger partial charge in [-0.3, -0.25) is 0 Å². The summed E-state index contributed by atoms with van der Waals surface area (Å²) in [7, 11) is 0. The average molecular weight is 300 g/mol. The smallest absolute Gasteiger partial charge is 0.0290 e. The number of benzene rings is 1. The number of hydrogen-bond acceptors (Lipinski definition) is 3. The van der Waals surface area contributed by atoms with E-state index in [0.717, 1.165) is 17.6 Å². The molecule has 0 heterocycles. The highest BCUT2D eigenvalue weighted by atomic mass is 79.9. The minimum atomic E-state index is 0.0377. The molecule has 3 nitrogen and oxygen atoms in total. The van der Waals surface area contributed by atoms with E-state index in [1.165, 1.54) is 5.56 Å². The predicted octanol–water partition coefficient (Wildman–Crippen LogP) is 1.60. The summed E-state index contributed by atoms with van der Waals surface area (Å²) >= 11 is 3.45. The molecule has 1 aromatic rings. The maximum Gasteiger partial charge on any atom is 0.0290 e. The average Bonchev–Trinajstić information content (AvgIpc) is 2.29. The fraction of sp³-hybridized carbons (Fsp3) is 0.538. The monoisotopic (exact) mass is 299 g/mol. The van der Waals surface area contributed by atoms with E-state index in [-0.39, 0.29) is 11.5 Å². The summed E-state index contributed by atoms with van der Waals surface area (Å²) in [6.45, 7) is 6.61. The summed E-state index contributed by atoms with van der Waals surface area (Å²) in [4.78, 5) is 0. The second kappa shape index (κ2) is 6.50. The number of nitrogens with two attached hydrogens (primary N) is 2. The number of halogens is 1. The van der Waals surface area contributed by atoms with Crippen molar-refractivity contribution < 1.29 is 0 Å². The van der Waals surface area contributed by atoms with Crippen LogP contribution in [0, 0.1) is 0 Å².